The summed E-state index contributed by atoms with van der Waals surface area (Å²) in [6.07, 6.45) is 0.536. The number of thioether (sulfide) groups is 1. The lowest BCUT2D eigenvalue weighted by molar-refractivity contribution is -0.121. The second kappa shape index (κ2) is 10.0. The number of nitrogens with zero attached hydrogens (tertiary/aromatic N) is 3. The van der Waals surface area contributed by atoms with Gasteiger partial charge < -0.3 is 5.32 Å². The predicted octanol–water partition coefficient (Wildman–Crippen LogP) is 5.66. The van der Waals surface area contributed by atoms with E-state index in [2.05, 4.69) is 10.3 Å². The van der Waals surface area contributed by atoms with Gasteiger partial charge in [-0.15, -0.1) is 0 Å². The van der Waals surface area contributed by atoms with Gasteiger partial charge in [-0.2, -0.15) is 10.1 Å². The summed E-state index contributed by atoms with van der Waals surface area (Å²) in [7, 11) is 0. The SMILES string of the molecule is O=C(C[C@@H]1SC(N2N=C(c3ccc(Cl)cc3)C[C@@H]2c2ccc(F)cc2)=NC1=O)Nc1ccccc1. The number of aliphatic imine (C=N–C) groups is 1. The molecule has 35 heavy (non-hydrogen) atoms. The van der Waals surface area contributed by atoms with Crippen LogP contribution in [0.1, 0.15) is 30.0 Å². The van der Waals surface area contributed by atoms with Gasteiger partial charge in [-0.3, -0.25) is 9.59 Å². The number of anilines is 1. The van der Waals surface area contributed by atoms with E-state index in [1.807, 2.05) is 30.3 Å². The molecule has 2 amide bonds. The van der Waals surface area contributed by atoms with Crippen molar-refractivity contribution in [1.82, 2.24) is 5.01 Å². The Morgan fingerprint density at radius 3 is 2.49 bits per heavy atom. The molecule has 0 aliphatic carbocycles. The fourth-order valence-electron chi connectivity index (χ4n) is 3.95. The van der Waals surface area contributed by atoms with Crippen LogP contribution in [-0.4, -0.2) is 33.0 Å². The number of halogens is 2. The van der Waals surface area contributed by atoms with Gasteiger partial charge >= 0.3 is 0 Å². The number of amidine groups is 1. The van der Waals surface area contributed by atoms with Gasteiger partial charge in [0.2, 0.25) is 5.91 Å². The first kappa shape index (κ1) is 23.3. The zero-order valence-corrected chi connectivity index (χ0v) is 20.0. The molecule has 5 rings (SSSR count). The minimum absolute atomic E-state index is 0.00575. The van der Waals surface area contributed by atoms with Crippen LogP contribution in [0.3, 0.4) is 0 Å². The Morgan fingerprint density at radius 2 is 1.77 bits per heavy atom. The lowest BCUT2D eigenvalue weighted by Crippen LogP contribution is -2.25. The highest BCUT2D eigenvalue weighted by molar-refractivity contribution is 8.15. The van der Waals surface area contributed by atoms with Gasteiger partial charge in [0.1, 0.15) is 11.1 Å². The summed E-state index contributed by atoms with van der Waals surface area (Å²) >= 11 is 7.26. The third-order valence-corrected chi connectivity index (χ3v) is 7.09. The summed E-state index contributed by atoms with van der Waals surface area (Å²) < 4.78 is 13.6. The van der Waals surface area contributed by atoms with Crippen molar-refractivity contribution in [2.75, 3.05) is 5.32 Å². The van der Waals surface area contributed by atoms with E-state index in [-0.39, 0.29) is 30.1 Å². The molecule has 2 aliphatic heterocycles. The smallest absolute Gasteiger partial charge is 0.262 e. The van der Waals surface area contributed by atoms with Gasteiger partial charge in [-0.05, 0) is 47.5 Å². The van der Waals surface area contributed by atoms with Crippen LogP contribution in [0, 0.1) is 5.82 Å². The number of nitrogens with one attached hydrogen (secondary N) is 1. The van der Waals surface area contributed by atoms with Crippen LogP contribution >= 0.6 is 23.4 Å². The molecule has 176 valence electrons. The van der Waals surface area contributed by atoms with Crippen LogP contribution < -0.4 is 5.32 Å². The van der Waals surface area contributed by atoms with E-state index < -0.39 is 5.25 Å². The third kappa shape index (κ3) is 5.28. The Bertz CT molecular complexity index is 1310. The molecule has 0 spiro atoms. The zero-order chi connectivity index (χ0) is 24.4. The van der Waals surface area contributed by atoms with Gasteiger partial charge in [-0.1, -0.05) is 65.8 Å². The Morgan fingerprint density at radius 1 is 1.06 bits per heavy atom. The molecule has 1 N–H and O–H groups in total. The minimum atomic E-state index is -0.641. The summed E-state index contributed by atoms with van der Waals surface area (Å²) in [4.78, 5) is 29.4. The fourth-order valence-corrected chi connectivity index (χ4v) is 5.14. The summed E-state index contributed by atoms with van der Waals surface area (Å²) in [6, 6.07) is 22.4. The first-order valence-corrected chi connectivity index (χ1v) is 12.2. The van der Waals surface area contributed by atoms with Crippen LogP contribution in [0.25, 0.3) is 0 Å². The maximum Gasteiger partial charge on any atom is 0.262 e. The Balaban J connectivity index is 1.36. The Kier molecular flexibility index (Phi) is 6.66. The van der Waals surface area contributed by atoms with Crippen molar-refractivity contribution < 1.29 is 14.0 Å². The first-order chi connectivity index (χ1) is 17.0. The van der Waals surface area contributed by atoms with Crippen molar-refractivity contribution in [3.8, 4) is 0 Å². The Labute approximate surface area is 210 Å². The molecule has 0 aromatic heterocycles. The number of hydrogen-bond donors (Lipinski definition) is 1. The largest absolute Gasteiger partial charge is 0.326 e. The average Bonchev–Trinajstić information content (AvgIpc) is 3.45. The number of para-hydroxylation sites is 1. The molecule has 2 heterocycles. The van der Waals surface area contributed by atoms with Crippen LogP contribution in [0.4, 0.5) is 10.1 Å². The van der Waals surface area contributed by atoms with E-state index in [4.69, 9.17) is 16.7 Å². The molecule has 9 heteroatoms. The standard InChI is InChI=1S/C26H20ClFN4O2S/c27-18-10-6-16(7-11-18)21-14-22(17-8-12-19(28)13-9-17)32(31-21)26-30-25(34)23(35-26)15-24(33)29-20-4-2-1-3-5-20/h1-13,22-23H,14-15H2,(H,29,33)/t22-,23+/m1/s1. The van der Waals surface area contributed by atoms with E-state index in [0.29, 0.717) is 22.3 Å². The molecular formula is C26H20ClFN4O2S. The highest BCUT2D eigenvalue weighted by Gasteiger charge is 2.39. The molecule has 0 radical (unpaired) electrons. The second-order valence-corrected chi connectivity index (χ2v) is 9.73. The zero-order valence-electron chi connectivity index (χ0n) is 18.4. The average molecular weight is 507 g/mol. The summed E-state index contributed by atoms with van der Waals surface area (Å²) in [5, 5.41) is 9.68. The number of hydrazone groups is 1. The molecular weight excluding hydrogens is 487 g/mol. The fraction of sp³-hybridized carbons (Fsp3) is 0.154. The Hall–Kier alpha value is -3.49. The third-order valence-electron chi connectivity index (χ3n) is 5.70. The van der Waals surface area contributed by atoms with Crippen molar-refractivity contribution in [1.29, 1.82) is 0 Å². The van der Waals surface area contributed by atoms with Crippen molar-refractivity contribution in [3.05, 3.63) is 101 Å². The minimum Gasteiger partial charge on any atom is -0.326 e. The van der Waals surface area contributed by atoms with Crippen LogP contribution in [-0.2, 0) is 9.59 Å². The van der Waals surface area contributed by atoms with Crippen molar-refractivity contribution in [2.24, 2.45) is 10.1 Å². The quantitative estimate of drug-likeness (QED) is 0.484. The van der Waals surface area contributed by atoms with Gasteiger partial charge in [0.25, 0.3) is 5.91 Å². The van der Waals surface area contributed by atoms with Crippen LogP contribution in [0.5, 0.6) is 0 Å². The number of rotatable bonds is 5. The van der Waals surface area contributed by atoms with Gasteiger partial charge in [0.05, 0.1) is 11.8 Å². The van der Waals surface area contributed by atoms with Crippen LogP contribution in [0.2, 0.25) is 5.02 Å². The van der Waals surface area contributed by atoms with E-state index in [0.717, 1.165) is 16.8 Å². The molecule has 0 saturated heterocycles. The number of hydrogen-bond acceptors (Lipinski definition) is 5. The topological polar surface area (TPSA) is 74.1 Å². The molecule has 0 bridgehead atoms. The molecule has 2 aliphatic rings. The summed E-state index contributed by atoms with van der Waals surface area (Å²) in [6.45, 7) is 0. The molecule has 0 saturated carbocycles. The molecule has 6 nitrogen and oxygen atoms in total. The van der Waals surface area contributed by atoms with E-state index in [9.17, 15) is 14.0 Å². The van der Waals surface area contributed by atoms with Gasteiger partial charge in [0.15, 0.2) is 5.17 Å². The molecule has 0 fully saturated rings. The normalized spacial score (nSPS) is 19.5. The van der Waals surface area contributed by atoms with E-state index >= 15 is 0 Å². The van der Waals surface area contributed by atoms with Crippen molar-refractivity contribution in [2.45, 2.75) is 24.1 Å². The van der Waals surface area contributed by atoms with Crippen LogP contribution in [0.15, 0.2) is 89.0 Å². The highest BCUT2D eigenvalue weighted by atomic mass is 35.5. The molecule has 2 atom stereocenters. The van der Waals surface area contributed by atoms with Crippen molar-refractivity contribution in [3.63, 3.8) is 0 Å². The summed E-state index contributed by atoms with van der Waals surface area (Å²) in [5.41, 5.74) is 3.22. The number of amides is 2. The maximum atomic E-state index is 13.6. The lowest BCUT2D eigenvalue weighted by atomic mass is 9.98. The molecule has 3 aromatic rings. The first-order valence-electron chi connectivity index (χ1n) is 11.0. The highest BCUT2D eigenvalue weighted by Crippen LogP contribution is 2.38. The second-order valence-electron chi connectivity index (χ2n) is 8.13. The predicted molar refractivity (Wildman–Crippen MR) is 137 cm³/mol. The molecule has 0 unspecified atom stereocenters. The van der Waals surface area contributed by atoms with Gasteiger partial charge in [0, 0.05) is 23.6 Å². The number of carbonyl (C=O) groups is 2. The monoisotopic (exact) mass is 506 g/mol. The molecule has 3 aromatic carbocycles. The number of benzene rings is 3. The van der Waals surface area contributed by atoms with Gasteiger partial charge in [-0.25, -0.2) is 9.40 Å². The lowest BCUT2D eigenvalue weighted by Gasteiger charge is -2.23. The van der Waals surface area contributed by atoms with E-state index in [1.54, 1.807) is 41.4 Å². The maximum absolute atomic E-state index is 13.6. The summed E-state index contributed by atoms with van der Waals surface area (Å²) in [5.74, 6) is -0.967. The number of carbonyl (C=O) groups excluding carboxylic acids is 2. The van der Waals surface area contributed by atoms with Crippen molar-refractivity contribution >= 4 is 51.7 Å². The van der Waals surface area contributed by atoms with E-state index in [1.165, 1.54) is 23.9 Å².